The number of rotatable bonds is 4. The minimum atomic E-state index is -0.716. The van der Waals surface area contributed by atoms with Crippen LogP contribution in [0.25, 0.3) is 0 Å². The van der Waals surface area contributed by atoms with Crippen LogP contribution in [-0.2, 0) is 0 Å². The van der Waals surface area contributed by atoms with E-state index in [0.29, 0.717) is 5.69 Å². The van der Waals surface area contributed by atoms with Crippen molar-refractivity contribution in [2.75, 3.05) is 11.9 Å². The molecule has 0 heterocycles. The maximum Gasteiger partial charge on any atom is 0.131 e. The molecule has 0 saturated heterocycles. The number of nitrogens with two attached hydrogens (primary N) is 1. The monoisotopic (exact) mass is 266 g/mol. The van der Waals surface area contributed by atoms with Gasteiger partial charge < -0.3 is 11.1 Å². The molecule has 0 aromatic heterocycles. The lowest BCUT2D eigenvalue weighted by molar-refractivity contribution is 0.537. The van der Waals surface area contributed by atoms with Gasteiger partial charge in [0.25, 0.3) is 0 Å². The predicted molar refractivity (Wildman–Crippen MR) is 68.2 cm³/mol. The molecule has 0 aliphatic heterocycles. The minimum Gasteiger partial charge on any atom is -0.377 e. The van der Waals surface area contributed by atoms with Crippen LogP contribution in [0, 0.1) is 17.5 Å². The van der Waals surface area contributed by atoms with Crippen LogP contribution < -0.4 is 11.1 Å². The first kappa shape index (κ1) is 13.4. The van der Waals surface area contributed by atoms with Gasteiger partial charge in [0.1, 0.15) is 17.5 Å². The molecule has 0 aliphatic carbocycles. The number of benzene rings is 2. The number of nitrogens with one attached hydrogen (secondary N) is 1. The average molecular weight is 266 g/mol. The van der Waals surface area contributed by atoms with Gasteiger partial charge in [0.05, 0.1) is 6.04 Å². The maximum absolute atomic E-state index is 13.7. The summed E-state index contributed by atoms with van der Waals surface area (Å²) in [6, 6.07) is 8.40. The Morgan fingerprint density at radius 3 is 2.05 bits per heavy atom. The van der Waals surface area contributed by atoms with E-state index in [4.69, 9.17) is 5.73 Å². The topological polar surface area (TPSA) is 38.0 Å². The molecule has 2 aromatic carbocycles. The molecular weight excluding hydrogens is 253 g/mol. The fourth-order valence-corrected chi connectivity index (χ4v) is 1.84. The molecule has 1 atom stereocenters. The molecule has 0 radical (unpaired) electrons. The predicted octanol–water partition coefficient (Wildman–Crippen LogP) is 3.22. The van der Waals surface area contributed by atoms with Crippen molar-refractivity contribution >= 4 is 5.69 Å². The zero-order chi connectivity index (χ0) is 13.8. The second kappa shape index (κ2) is 5.75. The van der Waals surface area contributed by atoms with Crippen LogP contribution in [-0.4, -0.2) is 6.54 Å². The molecule has 19 heavy (non-hydrogen) atoms. The van der Waals surface area contributed by atoms with Gasteiger partial charge >= 0.3 is 0 Å². The molecular formula is C14H13F3N2. The molecule has 2 rings (SSSR count). The lowest BCUT2D eigenvalue weighted by atomic mass is 10.1. The molecule has 5 heteroatoms. The first-order valence-corrected chi connectivity index (χ1v) is 5.78. The SMILES string of the molecule is NCC(Nc1ccc(F)cc1)c1c(F)cccc1F. The van der Waals surface area contributed by atoms with Crippen molar-refractivity contribution in [1.29, 1.82) is 0 Å². The maximum atomic E-state index is 13.7. The molecule has 2 aromatic rings. The molecule has 3 N–H and O–H groups in total. The quantitative estimate of drug-likeness (QED) is 0.891. The highest BCUT2D eigenvalue weighted by Crippen LogP contribution is 2.24. The van der Waals surface area contributed by atoms with E-state index >= 15 is 0 Å². The van der Waals surface area contributed by atoms with Crippen LogP contribution in [0.4, 0.5) is 18.9 Å². The Morgan fingerprint density at radius 1 is 0.947 bits per heavy atom. The van der Waals surface area contributed by atoms with Crippen molar-refractivity contribution in [2.45, 2.75) is 6.04 Å². The van der Waals surface area contributed by atoms with Gasteiger partial charge in [0.2, 0.25) is 0 Å². The smallest absolute Gasteiger partial charge is 0.131 e. The lowest BCUT2D eigenvalue weighted by Gasteiger charge is -2.19. The molecule has 0 amide bonds. The van der Waals surface area contributed by atoms with Crippen LogP contribution in [0.1, 0.15) is 11.6 Å². The normalized spacial score (nSPS) is 12.2. The van der Waals surface area contributed by atoms with E-state index in [-0.39, 0.29) is 17.9 Å². The molecule has 0 fully saturated rings. The zero-order valence-corrected chi connectivity index (χ0v) is 10.0. The molecule has 0 bridgehead atoms. The Bertz CT molecular complexity index is 535. The van der Waals surface area contributed by atoms with E-state index in [1.165, 1.54) is 42.5 Å². The third-order valence-electron chi connectivity index (χ3n) is 2.77. The summed E-state index contributed by atoms with van der Waals surface area (Å²) in [6.45, 7) is 0.00916. The minimum absolute atomic E-state index is 0.00916. The Hall–Kier alpha value is -2.01. The van der Waals surface area contributed by atoms with E-state index in [9.17, 15) is 13.2 Å². The average Bonchev–Trinajstić information content (AvgIpc) is 2.39. The molecule has 100 valence electrons. The van der Waals surface area contributed by atoms with Gasteiger partial charge in [-0.05, 0) is 36.4 Å². The number of hydrogen-bond donors (Lipinski definition) is 2. The Balaban J connectivity index is 2.27. The van der Waals surface area contributed by atoms with Crippen molar-refractivity contribution in [3.63, 3.8) is 0 Å². The molecule has 1 unspecified atom stereocenters. The summed E-state index contributed by atoms with van der Waals surface area (Å²) in [5.41, 5.74) is 5.98. The molecule has 0 spiro atoms. The largest absolute Gasteiger partial charge is 0.377 e. The van der Waals surface area contributed by atoms with Gasteiger partial charge in [-0.2, -0.15) is 0 Å². The summed E-state index contributed by atoms with van der Waals surface area (Å²) in [7, 11) is 0. The standard InChI is InChI=1S/C14H13F3N2/c15-9-4-6-10(7-5-9)19-13(8-18)14-11(16)2-1-3-12(14)17/h1-7,13,19H,8,18H2. The van der Waals surface area contributed by atoms with Crippen molar-refractivity contribution in [3.8, 4) is 0 Å². The van der Waals surface area contributed by atoms with Crippen molar-refractivity contribution in [2.24, 2.45) is 5.73 Å². The van der Waals surface area contributed by atoms with Crippen LogP contribution >= 0.6 is 0 Å². The van der Waals surface area contributed by atoms with Crippen LogP contribution in [0.5, 0.6) is 0 Å². The van der Waals surface area contributed by atoms with Gasteiger partial charge in [-0.25, -0.2) is 13.2 Å². The van der Waals surface area contributed by atoms with E-state index < -0.39 is 17.7 Å². The highest BCUT2D eigenvalue weighted by atomic mass is 19.1. The second-order valence-electron chi connectivity index (χ2n) is 4.07. The fraction of sp³-hybridized carbons (Fsp3) is 0.143. The highest BCUT2D eigenvalue weighted by molar-refractivity contribution is 5.46. The van der Waals surface area contributed by atoms with Gasteiger partial charge in [0, 0.05) is 17.8 Å². The summed E-state index contributed by atoms with van der Waals surface area (Å²) in [5, 5.41) is 2.88. The first-order valence-electron chi connectivity index (χ1n) is 5.78. The Kier molecular flexibility index (Phi) is 4.06. The Morgan fingerprint density at radius 2 is 1.53 bits per heavy atom. The fourth-order valence-electron chi connectivity index (χ4n) is 1.84. The van der Waals surface area contributed by atoms with Gasteiger partial charge in [-0.15, -0.1) is 0 Å². The summed E-state index contributed by atoms with van der Waals surface area (Å²) in [4.78, 5) is 0. The van der Waals surface area contributed by atoms with Crippen LogP contribution in [0.2, 0.25) is 0 Å². The van der Waals surface area contributed by atoms with Crippen molar-refractivity contribution in [3.05, 3.63) is 65.5 Å². The number of hydrogen-bond acceptors (Lipinski definition) is 2. The van der Waals surface area contributed by atoms with E-state index in [1.807, 2.05) is 0 Å². The zero-order valence-electron chi connectivity index (χ0n) is 10.0. The molecule has 0 saturated carbocycles. The molecule has 2 nitrogen and oxygen atoms in total. The summed E-state index contributed by atoms with van der Waals surface area (Å²) < 4.78 is 40.1. The highest BCUT2D eigenvalue weighted by Gasteiger charge is 2.18. The lowest BCUT2D eigenvalue weighted by Crippen LogP contribution is -2.23. The van der Waals surface area contributed by atoms with Gasteiger partial charge in [-0.3, -0.25) is 0 Å². The summed E-state index contributed by atoms with van der Waals surface area (Å²) >= 11 is 0. The number of anilines is 1. The summed E-state index contributed by atoms with van der Waals surface area (Å²) in [6.07, 6.45) is 0. The van der Waals surface area contributed by atoms with Gasteiger partial charge in [-0.1, -0.05) is 6.07 Å². The van der Waals surface area contributed by atoms with Crippen molar-refractivity contribution < 1.29 is 13.2 Å². The molecule has 0 aliphatic rings. The van der Waals surface area contributed by atoms with E-state index in [2.05, 4.69) is 5.32 Å². The third-order valence-corrected chi connectivity index (χ3v) is 2.77. The van der Waals surface area contributed by atoms with E-state index in [1.54, 1.807) is 0 Å². The van der Waals surface area contributed by atoms with Gasteiger partial charge in [0.15, 0.2) is 0 Å². The second-order valence-corrected chi connectivity index (χ2v) is 4.07. The van der Waals surface area contributed by atoms with Crippen LogP contribution in [0.3, 0.4) is 0 Å². The first-order chi connectivity index (χ1) is 9.11. The summed E-state index contributed by atoms with van der Waals surface area (Å²) in [5.74, 6) is -1.71. The van der Waals surface area contributed by atoms with Crippen LogP contribution in [0.15, 0.2) is 42.5 Å². The third kappa shape index (κ3) is 3.06. The van der Waals surface area contributed by atoms with E-state index in [0.717, 1.165) is 0 Å². The number of halogens is 3. The van der Waals surface area contributed by atoms with Crippen molar-refractivity contribution in [1.82, 2.24) is 0 Å². The Labute approximate surface area is 109 Å².